The Kier molecular flexibility index (Phi) is 4.98. The van der Waals surface area contributed by atoms with E-state index in [0.29, 0.717) is 24.4 Å². The normalized spacial score (nSPS) is 31.4. The zero-order valence-corrected chi connectivity index (χ0v) is 15.0. The van der Waals surface area contributed by atoms with Crippen LogP contribution in [0.1, 0.15) is 50.5 Å². The monoisotopic (exact) mass is 342 g/mol. The minimum absolute atomic E-state index is 0.134. The van der Waals surface area contributed by atoms with Gasteiger partial charge < -0.3 is 15.8 Å². The van der Waals surface area contributed by atoms with Gasteiger partial charge in [0.05, 0.1) is 6.61 Å². The highest BCUT2D eigenvalue weighted by Crippen LogP contribution is 2.42. The van der Waals surface area contributed by atoms with Crippen LogP contribution in [0.15, 0.2) is 24.3 Å². The van der Waals surface area contributed by atoms with E-state index in [2.05, 4.69) is 5.32 Å². The second-order valence-corrected chi connectivity index (χ2v) is 8.28. The number of benzene rings is 1. The quantitative estimate of drug-likeness (QED) is 0.834. The van der Waals surface area contributed by atoms with Gasteiger partial charge in [0, 0.05) is 24.1 Å². The van der Waals surface area contributed by atoms with Crippen LogP contribution < -0.4 is 15.8 Å². The van der Waals surface area contributed by atoms with Crippen molar-refractivity contribution in [2.75, 3.05) is 6.61 Å². The van der Waals surface area contributed by atoms with Crippen molar-refractivity contribution in [2.45, 2.75) is 57.5 Å². The zero-order chi connectivity index (χ0) is 17.2. The molecule has 4 nitrogen and oxygen atoms in total. The number of carbonyl (C=O) groups excluding carboxylic acids is 1. The summed E-state index contributed by atoms with van der Waals surface area (Å²) in [6.45, 7) is 1.35. The summed E-state index contributed by atoms with van der Waals surface area (Å²) in [6.07, 6.45) is 8.16. The van der Waals surface area contributed by atoms with Crippen LogP contribution in [0.3, 0.4) is 0 Å². The van der Waals surface area contributed by atoms with E-state index in [9.17, 15) is 4.79 Å². The van der Waals surface area contributed by atoms with Gasteiger partial charge in [0.25, 0.3) is 0 Å². The molecule has 1 aromatic carbocycles. The summed E-state index contributed by atoms with van der Waals surface area (Å²) in [7, 11) is 0. The third-order valence-corrected chi connectivity index (χ3v) is 6.38. The molecule has 3 fully saturated rings. The third-order valence-electron chi connectivity index (χ3n) is 6.38. The molecule has 0 radical (unpaired) electrons. The lowest BCUT2D eigenvalue weighted by Gasteiger charge is -2.43. The SMILES string of the molecule is NC1C2CCCC1CC(C(=O)NCc1ccccc1OCC1CC1)C2. The maximum atomic E-state index is 12.7. The summed E-state index contributed by atoms with van der Waals surface area (Å²) >= 11 is 0. The zero-order valence-electron chi connectivity index (χ0n) is 15.0. The molecule has 2 unspecified atom stereocenters. The van der Waals surface area contributed by atoms with Gasteiger partial charge >= 0.3 is 0 Å². The molecule has 1 aromatic rings. The maximum absolute atomic E-state index is 12.7. The van der Waals surface area contributed by atoms with E-state index < -0.39 is 0 Å². The number of hydrogen-bond acceptors (Lipinski definition) is 3. The molecule has 0 heterocycles. The van der Waals surface area contributed by atoms with Gasteiger partial charge in [-0.25, -0.2) is 0 Å². The summed E-state index contributed by atoms with van der Waals surface area (Å²) in [5, 5.41) is 3.16. The summed E-state index contributed by atoms with van der Waals surface area (Å²) in [5.41, 5.74) is 7.42. The summed E-state index contributed by atoms with van der Waals surface area (Å²) in [5.74, 6) is 3.05. The second-order valence-electron chi connectivity index (χ2n) is 8.28. The van der Waals surface area contributed by atoms with E-state index in [1.54, 1.807) is 0 Å². The van der Waals surface area contributed by atoms with Gasteiger partial charge in [0.2, 0.25) is 5.91 Å². The molecule has 4 heteroatoms. The van der Waals surface area contributed by atoms with Crippen molar-refractivity contribution in [1.82, 2.24) is 5.32 Å². The predicted molar refractivity (Wildman–Crippen MR) is 98.0 cm³/mol. The second kappa shape index (κ2) is 7.36. The lowest BCUT2D eigenvalue weighted by molar-refractivity contribution is -0.128. The van der Waals surface area contributed by atoms with Crippen LogP contribution >= 0.6 is 0 Å². The van der Waals surface area contributed by atoms with Crippen LogP contribution in [0.4, 0.5) is 0 Å². The fourth-order valence-corrected chi connectivity index (χ4v) is 4.61. The predicted octanol–water partition coefficient (Wildman–Crippen LogP) is 3.25. The van der Waals surface area contributed by atoms with Crippen molar-refractivity contribution >= 4 is 5.91 Å². The molecule has 3 aliphatic rings. The molecular weight excluding hydrogens is 312 g/mol. The molecule has 3 saturated carbocycles. The van der Waals surface area contributed by atoms with Crippen LogP contribution in [0.25, 0.3) is 0 Å². The van der Waals surface area contributed by atoms with Crippen LogP contribution in [0.5, 0.6) is 5.75 Å². The Labute approximate surface area is 150 Å². The van der Waals surface area contributed by atoms with E-state index in [1.807, 2.05) is 24.3 Å². The van der Waals surface area contributed by atoms with Gasteiger partial charge in [-0.3, -0.25) is 4.79 Å². The van der Waals surface area contributed by atoms with E-state index in [0.717, 1.165) is 36.7 Å². The van der Waals surface area contributed by atoms with E-state index in [1.165, 1.54) is 32.1 Å². The standard InChI is InChI=1S/C21H30N2O2/c22-20-15-5-3-6-16(20)11-18(10-15)21(24)23-12-17-4-1-2-7-19(17)25-13-14-8-9-14/h1-2,4,7,14-16,18,20H,3,5-6,8-13,22H2,(H,23,24). The Morgan fingerprint density at radius 1 is 1.12 bits per heavy atom. The van der Waals surface area contributed by atoms with Crippen molar-refractivity contribution in [1.29, 1.82) is 0 Å². The molecule has 0 aliphatic heterocycles. The molecule has 0 aromatic heterocycles. The van der Waals surface area contributed by atoms with Crippen molar-refractivity contribution in [3.8, 4) is 5.75 Å². The Morgan fingerprint density at radius 3 is 2.56 bits per heavy atom. The number of para-hydroxylation sites is 1. The molecule has 1 amide bonds. The highest BCUT2D eigenvalue weighted by Gasteiger charge is 2.40. The van der Waals surface area contributed by atoms with Crippen molar-refractivity contribution in [2.24, 2.45) is 29.4 Å². The smallest absolute Gasteiger partial charge is 0.223 e. The summed E-state index contributed by atoms with van der Waals surface area (Å²) in [6, 6.07) is 8.38. The van der Waals surface area contributed by atoms with Gasteiger partial charge in [-0.1, -0.05) is 24.6 Å². The van der Waals surface area contributed by atoms with Crippen LogP contribution in [0, 0.1) is 23.7 Å². The van der Waals surface area contributed by atoms with Gasteiger partial charge in [-0.2, -0.15) is 0 Å². The molecule has 4 rings (SSSR count). The first-order valence-electron chi connectivity index (χ1n) is 9.94. The highest BCUT2D eigenvalue weighted by atomic mass is 16.5. The van der Waals surface area contributed by atoms with Gasteiger partial charge in [-0.15, -0.1) is 0 Å². The minimum atomic E-state index is 0.134. The van der Waals surface area contributed by atoms with Crippen molar-refractivity contribution in [3.63, 3.8) is 0 Å². The third kappa shape index (κ3) is 4.00. The number of nitrogens with one attached hydrogen (secondary N) is 1. The lowest BCUT2D eigenvalue weighted by atomic mass is 9.65. The average Bonchev–Trinajstić information content (AvgIpc) is 3.42. The number of nitrogens with two attached hydrogens (primary N) is 1. The van der Waals surface area contributed by atoms with Crippen LogP contribution in [-0.2, 0) is 11.3 Å². The van der Waals surface area contributed by atoms with Gasteiger partial charge in [0.1, 0.15) is 5.75 Å². The topological polar surface area (TPSA) is 64.4 Å². The first-order valence-corrected chi connectivity index (χ1v) is 9.94. The Balaban J connectivity index is 1.33. The van der Waals surface area contributed by atoms with Crippen LogP contribution in [-0.4, -0.2) is 18.6 Å². The minimum Gasteiger partial charge on any atom is -0.493 e. The molecule has 25 heavy (non-hydrogen) atoms. The first-order chi connectivity index (χ1) is 12.2. The average molecular weight is 342 g/mol. The Hall–Kier alpha value is -1.55. The summed E-state index contributed by atoms with van der Waals surface area (Å²) in [4.78, 5) is 12.7. The van der Waals surface area contributed by atoms with E-state index in [4.69, 9.17) is 10.5 Å². The molecule has 136 valence electrons. The molecule has 2 bridgehead atoms. The van der Waals surface area contributed by atoms with Gasteiger partial charge in [0.15, 0.2) is 0 Å². The lowest BCUT2D eigenvalue weighted by Crippen LogP contribution is -2.49. The number of hydrogen-bond donors (Lipinski definition) is 2. The molecular formula is C21H30N2O2. The Bertz CT molecular complexity index is 600. The molecule has 2 atom stereocenters. The fraction of sp³-hybridized carbons (Fsp3) is 0.667. The molecule has 3 N–H and O–H groups in total. The first kappa shape index (κ1) is 16.9. The Morgan fingerprint density at radius 2 is 1.84 bits per heavy atom. The largest absolute Gasteiger partial charge is 0.493 e. The maximum Gasteiger partial charge on any atom is 0.223 e. The summed E-state index contributed by atoms with van der Waals surface area (Å²) < 4.78 is 5.95. The van der Waals surface area contributed by atoms with E-state index >= 15 is 0 Å². The number of amides is 1. The molecule has 0 saturated heterocycles. The number of fused-ring (bicyclic) bond motifs is 2. The van der Waals surface area contributed by atoms with Crippen molar-refractivity contribution < 1.29 is 9.53 Å². The van der Waals surface area contributed by atoms with Gasteiger partial charge in [-0.05, 0) is 62.3 Å². The highest BCUT2D eigenvalue weighted by molar-refractivity contribution is 5.78. The molecule has 0 spiro atoms. The number of rotatable bonds is 6. The van der Waals surface area contributed by atoms with E-state index in [-0.39, 0.29) is 11.8 Å². The van der Waals surface area contributed by atoms with Crippen LogP contribution in [0.2, 0.25) is 0 Å². The molecule has 3 aliphatic carbocycles. The fourth-order valence-electron chi connectivity index (χ4n) is 4.61. The van der Waals surface area contributed by atoms with Crippen molar-refractivity contribution in [3.05, 3.63) is 29.8 Å². The number of ether oxygens (including phenoxy) is 1. The number of carbonyl (C=O) groups is 1.